The number of fused-ring (bicyclic) bond motifs is 2. The molecule has 6 heteroatoms. The van der Waals surface area contributed by atoms with E-state index in [0.717, 1.165) is 45.2 Å². The van der Waals surface area contributed by atoms with E-state index < -0.39 is 0 Å². The maximum absolute atomic E-state index is 13.8. The first-order valence-electron chi connectivity index (χ1n) is 15.0. The highest BCUT2D eigenvalue weighted by Crippen LogP contribution is 2.46. The van der Waals surface area contributed by atoms with Crippen LogP contribution in [-0.4, -0.2) is 45.5 Å². The molecule has 2 unspecified atom stereocenters. The summed E-state index contributed by atoms with van der Waals surface area (Å²) >= 11 is 0. The Kier molecular flexibility index (Phi) is 5.75. The minimum absolute atomic E-state index is 0.213. The summed E-state index contributed by atoms with van der Waals surface area (Å²) in [4.78, 5) is 58.0. The zero-order chi connectivity index (χ0) is 29.8. The van der Waals surface area contributed by atoms with Gasteiger partial charge in [0.25, 0.3) is 23.6 Å². The molecule has 42 heavy (non-hydrogen) atoms. The van der Waals surface area contributed by atoms with Crippen LogP contribution in [0.1, 0.15) is 95.8 Å². The molecule has 5 aromatic carbocycles. The van der Waals surface area contributed by atoms with Crippen molar-refractivity contribution in [2.24, 2.45) is 11.8 Å². The Labute approximate surface area is 244 Å². The molecule has 5 aromatic rings. The van der Waals surface area contributed by atoms with Gasteiger partial charge < -0.3 is 0 Å². The Balaban J connectivity index is 1.49. The monoisotopic (exact) mass is 558 g/mol. The zero-order valence-corrected chi connectivity index (χ0v) is 24.9. The quantitative estimate of drug-likeness (QED) is 0.121. The third kappa shape index (κ3) is 3.44. The van der Waals surface area contributed by atoms with Gasteiger partial charge in [-0.3, -0.25) is 29.0 Å². The van der Waals surface area contributed by atoms with Crippen LogP contribution >= 0.6 is 0 Å². The third-order valence-corrected chi connectivity index (χ3v) is 9.21. The van der Waals surface area contributed by atoms with Crippen molar-refractivity contribution in [1.29, 1.82) is 0 Å². The first-order chi connectivity index (χ1) is 20.0. The molecular weight excluding hydrogens is 524 g/mol. The highest BCUT2D eigenvalue weighted by atomic mass is 16.2. The highest BCUT2D eigenvalue weighted by Gasteiger charge is 2.39. The molecule has 0 bridgehead atoms. The molecule has 0 N–H and O–H groups in total. The molecule has 0 spiro atoms. The van der Waals surface area contributed by atoms with Crippen LogP contribution in [-0.2, 0) is 0 Å². The SMILES string of the molecule is CC(C)CC(C)N1C(=O)c2ccc3c4ccc5c6c(ccc(c7ccc(c2c37)C1=O)c64)C(=O)N(C(C)CC(C)C)C5=O. The van der Waals surface area contributed by atoms with Gasteiger partial charge in [0.05, 0.1) is 0 Å². The first kappa shape index (κ1) is 26.6. The van der Waals surface area contributed by atoms with Gasteiger partial charge >= 0.3 is 0 Å². The number of rotatable bonds is 6. The summed E-state index contributed by atoms with van der Waals surface area (Å²) in [6.45, 7) is 12.2. The largest absolute Gasteiger partial charge is 0.272 e. The average Bonchev–Trinajstić information content (AvgIpc) is 2.93. The van der Waals surface area contributed by atoms with Gasteiger partial charge in [0.2, 0.25) is 0 Å². The number of imide groups is 2. The van der Waals surface area contributed by atoms with E-state index in [0.29, 0.717) is 44.9 Å². The second kappa shape index (κ2) is 9.09. The van der Waals surface area contributed by atoms with Gasteiger partial charge in [-0.1, -0.05) is 52.0 Å². The number of benzene rings is 5. The third-order valence-electron chi connectivity index (χ3n) is 9.21. The molecule has 2 heterocycles. The van der Waals surface area contributed by atoms with Gasteiger partial charge in [0.15, 0.2) is 0 Å². The molecule has 0 saturated heterocycles. The second-order valence-electron chi connectivity index (χ2n) is 13.1. The number of carbonyl (C=O) groups excluding carboxylic acids is 4. The lowest BCUT2D eigenvalue weighted by Gasteiger charge is -2.34. The molecule has 4 amide bonds. The van der Waals surface area contributed by atoms with E-state index in [1.807, 2.05) is 62.4 Å². The Hall–Kier alpha value is -4.32. The molecule has 2 aliphatic heterocycles. The normalized spacial score (nSPS) is 16.9. The summed E-state index contributed by atoms with van der Waals surface area (Å²) in [7, 11) is 0. The van der Waals surface area contributed by atoms with Crippen molar-refractivity contribution in [1.82, 2.24) is 9.80 Å². The van der Waals surface area contributed by atoms with Crippen LogP contribution in [0.2, 0.25) is 0 Å². The van der Waals surface area contributed by atoms with E-state index >= 15 is 0 Å². The van der Waals surface area contributed by atoms with Crippen LogP contribution in [0.15, 0.2) is 48.5 Å². The van der Waals surface area contributed by atoms with E-state index in [-0.39, 0.29) is 35.7 Å². The fraction of sp³-hybridized carbons (Fsp3) is 0.333. The molecule has 0 aromatic heterocycles. The summed E-state index contributed by atoms with van der Waals surface area (Å²) in [6.07, 6.45) is 1.47. The lowest BCUT2D eigenvalue weighted by Crippen LogP contribution is -2.46. The van der Waals surface area contributed by atoms with Gasteiger partial charge in [-0.2, -0.15) is 0 Å². The fourth-order valence-corrected chi connectivity index (χ4v) is 7.68. The predicted molar refractivity (Wildman–Crippen MR) is 166 cm³/mol. The van der Waals surface area contributed by atoms with Crippen molar-refractivity contribution < 1.29 is 19.2 Å². The molecule has 0 saturated carbocycles. The number of nitrogens with zero attached hydrogens (tertiary/aromatic N) is 2. The van der Waals surface area contributed by atoms with E-state index in [2.05, 4.69) is 27.7 Å². The second-order valence-corrected chi connectivity index (χ2v) is 13.1. The lowest BCUT2D eigenvalue weighted by atomic mass is 9.82. The van der Waals surface area contributed by atoms with E-state index in [1.165, 1.54) is 9.80 Å². The molecule has 6 nitrogen and oxygen atoms in total. The highest BCUT2D eigenvalue weighted by molar-refractivity contribution is 6.41. The number of carbonyl (C=O) groups is 4. The van der Waals surface area contributed by atoms with Crippen LogP contribution in [0.25, 0.3) is 43.1 Å². The van der Waals surface area contributed by atoms with Crippen molar-refractivity contribution in [3.05, 3.63) is 70.8 Å². The van der Waals surface area contributed by atoms with E-state index in [1.54, 1.807) is 0 Å². The van der Waals surface area contributed by atoms with Crippen LogP contribution in [0, 0.1) is 11.8 Å². The topological polar surface area (TPSA) is 74.8 Å². The fourth-order valence-electron chi connectivity index (χ4n) is 7.68. The van der Waals surface area contributed by atoms with E-state index in [9.17, 15) is 19.2 Å². The van der Waals surface area contributed by atoms with E-state index in [4.69, 9.17) is 0 Å². The van der Waals surface area contributed by atoms with Crippen molar-refractivity contribution in [2.75, 3.05) is 0 Å². The van der Waals surface area contributed by atoms with Gasteiger partial charge in [0.1, 0.15) is 0 Å². The smallest absolute Gasteiger partial charge is 0.261 e. The van der Waals surface area contributed by atoms with Crippen molar-refractivity contribution in [3.8, 4) is 0 Å². The summed E-state index contributed by atoms with van der Waals surface area (Å²) < 4.78 is 0. The summed E-state index contributed by atoms with van der Waals surface area (Å²) in [6, 6.07) is 14.7. The van der Waals surface area contributed by atoms with Crippen LogP contribution in [0.3, 0.4) is 0 Å². The molecule has 0 fully saturated rings. The molecule has 0 radical (unpaired) electrons. The maximum Gasteiger partial charge on any atom is 0.261 e. The minimum atomic E-state index is -0.257. The van der Waals surface area contributed by atoms with Crippen molar-refractivity contribution in [2.45, 2.75) is 66.5 Å². The number of hydrogen-bond acceptors (Lipinski definition) is 4. The Bertz CT molecular complexity index is 1760. The number of hydrogen-bond donors (Lipinski definition) is 0. The molecule has 2 aliphatic rings. The Morgan fingerprint density at radius 3 is 0.929 bits per heavy atom. The van der Waals surface area contributed by atoms with Crippen LogP contribution in [0.4, 0.5) is 0 Å². The van der Waals surface area contributed by atoms with Crippen LogP contribution < -0.4 is 0 Å². The molecule has 0 aliphatic carbocycles. The molecule has 7 rings (SSSR count). The number of amides is 4. The van der Waals surface area contributed by atoms with Gasteiger partial charge in [-0.15, -0.1) is 0 Å². The lowest BCUT2D eigenvalue weighted by molar-refractivity contribution is 0.0519. The minimum Gasteiger partial charge on any atom is -0.272 e. The van der Waals surface area contributed by atoms with Gasteiger partial charge in [-0.05, 0) is 95.1 Å². The Morgan fingerprint density at radius 1 is 0.429 bits per heavy atom. The molecule has 212 valence electrons. The van der Waals surface area contributed by atoms with Crippen molar-refractivity contribution in [3.63, 3.8) is 0 Å². The standard InChI is InChI=1S/C36H34N2O4/c1-17(2)15-19(5)37-33(39)25-11-7-21-23-9-13-27-32-28(36(42)38(35(27)41)20(6)16-18(3)4)14-10-24(30(23)32)22-8-12-26(34(37)40)31(25)29(21)22/h7-14,17-20H,15-16H2,1-6H3. The summed E-state index contributed by atoms with van der Waals surface area (Å²) in [5.41, 5.74) is 2.15. The van der Waals surface area contributed by atoms with Crippen molar-refractivity contribution >= 4 is 66.7 Å². The van der Waals surface area contributed by atoms with Gasteiger partial charge in [0, 0.05) is 45.1 Å². The molecular formula is C36H34N2O4. The Morgan fingerprint density at radius 2 is 0.690 bits per heavy atom. The zero-order valence-electron chi connectivity index (χ0n) is 24.9. The summed E-state index contributed by atoms with van der Waals surface area (Å²) in [5.74, 6) is -0.334. The van der Waals surface area contributed by atoms with Crippen LogP contribution in [0.5, 0.6) is 0 Å². The van der Waals surface area contributed by atoms with Gasteiger partial charge in [-0.25, -0.2) is 0 Å². The molecule has 2 atom stereocenters. The summed E-state index contributed by atoms with van der Waals surface area (Å²) in [5, 5.41) is 6.74. The predicted octanol–water partition coefficient (Wildman–Crippen LogP) is 7.80. The average molecular weight is 559 g/mol. The maximum atomic E-state index is 13.8. The first-order valence-corrected chi connectivity index (χ1v) is 15.0.